The summed E-state index contributed by atoms with van der Waals surface area (Å²) < 4.78 is 29.2. The van der Waals surface area contributed by atoms with Crippen molar-refractivity contribution in [2.45, 2.75) is 6.54 Å². The Kier molecular flexibility index (Phi) is 5.06. The lowest BCUT2D eigenvalue weighted by Crippen LogP contribution is -2.04. The van der Waals surface area contributed by atoms with Crippen LogP contribution in [0.4, 0.5) is 5.82 Å². The second-order valence-electron chi connectivity index (χ2n) is 7.07. The Hall–Kier alpha value is -4.14. The Labute approximate surface area is 184 Å². The van der Waals surface area contributed by atoms with Crippen molar-refractivity contribution in [1.29, 1.82) is 0 Å². The summed E-state index contributed by atoms with van der Waals surface area (Å²) >= 11 is 0. The number of fused-ring (bicyclic) bond motifs is 2. The zero-order valence-electron chi connectivity index (χ0n) is 17.9. The number of imidazole rings is 1. The van der Waals surface area contributed by atoms with E-state index in [0.29, 0.717) is 35.3 Å². The topological polar surface area (TPSA) is 88.4 Å². The number of hydrogen-bond donors (Lipinski definition) is 1. The first-order valence-electron chi connectivity index (χ1n) is 9.96. The molecule has 0 saturated carbocycles. The number of nitrogens with zero attached hydrogens (tertiary/aromatic N) is 3. The Morgan fingerprint density at radius 3 is 2.50 bits per heavy atom. The quantitative estimate of drug-likeness (QED) is 0.470. The average Bonchev–Trinajstić information content (AvgIpc) is 3.48. The van der Waals surface area contributed by atoms with Crippen LogP contribution in [0.25, 0.3) is 16.9 Å². The molecular weight excluding hydrogens is 412 g/mol. The van der Waals surface area contributed by atoms with E-state index in [9.17, 15) is 0 Å². The van der Waals surface area contributed by atoms with E-state index in [-0.39, 0.29) is 6.79 Å². The van der Waals surface area contributed by atoms with E-state index in [2.05, 4.69) is 15.3 Å². The minimum absolute atomic E-state index is 0.255. The molecule has 1 N–H and O–H groups in total. The Morgan fingerprint density at radius 1 is 0.969 bits per heavy atom. The molecule has 5 rings (SSSR count). The fourth-order valence-electron chi connectivity index (χ4n) is 3.72. The second kappa shape index (κ2) is 8.18. The van der Waals surface area contributed by atoms with Crippen molar-refractivity contribution in [3.8, 4) is 40.0 Å². The highest BCUT2D eigenvalue weighted by Gasteiger charge is 2.18. The number of hydrogen-bond acceptors (Lipinski definition) is 8. The van der Waals surface area contributed by atoms with Gasteiger partial charge in [-0.2, -0.15) is 0 Å². The Morgan fingerprint density at radius 2 is 1.75 bits per heavy atom. The summed E-state index contributed by atoms with van der Waals surface area (Å²) in [6, 6.07) is 9.65. The van der Waals surface area contributed by atoms with Crippen LogP contribution in [0, 0.1) is 0 Å². The van der Waals surface area contributed by atoms with Gasteiger partial charge in [-0.25, -0.2) is 9.97 Å². The van der Waals surface area contributed by atoms with E-state index < -0.39 is 0 Å². The molecule has 0 saturated heterocycles. The number of methoxy groups -OCH3 is 3. The van der Waals surface area contributed by atoms with Crippen molar-refractivity contribution in [3.05, 3.63) is 54.5 Å². The van der Waals surface area contributed by atoms with Crippen LogP contribution in [0.3, 0.4) is 0 Å². The summed E-state index contributed by atoms with van der Waals surface area (Å²) in [7, 11) is 4.77. The van der Waals surface area contributed by atoms with Crippen LogP contribution >= 0.6 is 0 Å². The predicted octanol–water partition coefficient (Wildman–Crippen LogP) is 3.76. The smallest absolute Gasteiger partial charge is 0.231 e. The van der Waals surface area contributed by atoms with Gasteiger partial charge in [0.05, 0.1) is 33.2 Å². The maximum Gasteiger partial charge on any atom is 0.231 e. The van der Waals surface area contributed by atoms with Crippen molar-refractivity contribution in [2.75, 3.05) is 33.4 Å². The maximum absolute atomic E-state index is 5.49. The average molecular weight is 434 g/mol. The molecule has 0 aliphatic carbocycles. The second-order valence-corrected chi connectivity index (χ2v) is 7.07. The van der Waals surface area contributed by atoms with E-state index in [1.807, 2.05) is 40.9 Å². The molecule has 1 aliphatic heterocycles. The molecular formula is C23H22N4O5. The van der Waals surface area contributed by atoms with Crippen molar-refractivity contribution >= 4 is 11.5 Å². The van der Waals surface area contributed by atoms with E-state index >= 15 is 0 Å². The molecule has 0 bridgehead atoms. The van der Waals surface area contributed by atoms with Crippen molar-refractivity contribution < 1.29 is 23.7 Å². The van der Waals surface area contributed by atoms with Gasteiger partial charge in [0.1, 0.15) is 0 Å². The highest BCUT2D eigenvalue weighted by molar-refractivity contribution is 5.74. The van der Waals surface area contributed by atoms with Crippen LogP contribution in [-0.4, -0.2) is 42.5 Å². The van der Waals surface area contributed by atoms with Crippen molar-refractivity contribution in [1.82, 2.24) is 14.4 Å². The molecule has 9 heteroatoms. The lowest BCUT2D eigenvalue weighted by atomic mass is 10.1. The summed E-state index contributed by atoms with van der Waals surface area (Å²) in [5, 5.41) is 3.36. The van der Waals surface area contributed by atoms with Gasteiger partial charge in [0.15, 0.2) is 34.5 Å². The van der Waals surface area contributed by atoms with Gasteiger partial charge in [-0.3, -0.25) is 4.40 Å². The van der Waals surface area contributed by atoms with Gasteiger partial charge in [-0.1, -0.05) is 6.07 Å². The van der Waals surface area contributed by atoms with Gasteiger partial charge < -0.3 is 29.0 Å². The number of nitrogens with one attached hydrogen (secondary N) is 1. The normalized spacial score (nSPS) is 12.1. The van der Waals surface area contributed by atoms with Gasteiger partial charge in [0.25, 0.3) is 0 Å². The van der Waals surface area contributed by atoms with Crippen LogP contribution in [-0.2, 0) is 6.54 Å². The van der Waals surface area contributed by atoms with E-state index in [1.165, 1.54) is 0 Å². The van der Waals surface area contributed by atoms with Crippen LogP contribution in [0.15, 0.2) is 48.9 Å². The molecule has 0 radical (unpaired) electrons. The predicted molar refractivity (Wildman–Crippen MR) is 118 cm³/mol. The van der Waals surface area contributed by atoms with Gasteiger partial charge in [-0.05, 0) is 29.8 Å². The Balaban J connectivity index is 1.47. The third kappa shape index (κ3) is 3.37. The number of benzene rings is 2. The molecule has 2 aromatic carbocycles. The van der Waals surface area contributed by atoms with Crippen LogP contribution in [0.5, 0.6) is 28.7 Å². The molecule has 1 aliphatic rings. The first-order valence-corrected chi connectivity index (χ1v) is 9.96. The molecule has 0 amide bonds. The molecule has 2 aromatic heterocycles. The van der Waals surface area contributed by atoms with Crippen LogP contribution in [0.1, 0.15) is 5.56 Å². The van der Waals surface area contributed by atoms with Gasteiger partial charge in [-0.15, -0.1) is 0 Å². The monoisotopic (exact) mass is 434 g/mol. The number of anilines is 1. The third-order valence-electron chi connectivity index (χ3n) is 5.29. The largest absolute Gasteiger partial charge is 0.493 e. The number of ether oxygens (including phenoxy) is 5. The summed E-state index contributed by atoms with van der Waals surface area (Å²) in [6.07, 6.45) is 5.40. The zero-order chi connectivity index (χ0) is 22.1. The minimum atomic E-state index is 0.255. The Bertz CT molecular complexity index is 1260. The minimum Gasteiger partial charge on any atom is -0.493 e. The van der Waals surface area contributed by atoms with Crippen LogP contribution < -0.4 is 29.0 Å². The third-order valence-corrected chi connectivity index (χ3v) is 5.29. The van der Waals surface area contributed by atoms with Gasteiger partial charge >= 0.3 is 0 Å². The van der Waals surface area contributed by atoms with Crippen molar-refractivity contribution in [3.63, 3.8) is 0 Å². The summed E-state index contributed by atoms with van der Waals surface area (Å²) in [5.74, 6) is 3.88. The molecule has 164 valence electrons. The summed E-state index contributed by atoms with van der Waals surface area (Å²) in [4.78, 5) is 9.08. The van der Waals surface area contributed by atoms with Gasteiger partial charge in [0.2, 0.25) is 12.5 Å². The fraction of sp³-hybridized carbons (Fsp3) is 0.217. The van der Waals surface area contributed by atoms with Crippen LogP contribution in [0.2, 0.25) is 0 Å². The standard InChI is InChI=1S/C23H22N4O5/c1-28-19-9-15(10-20(29-2)21(19)30-3)16-12-26-23-22(24-6-7-27(16)23)25-11-14-4-5-17-18(8-14)32-13-31-17/h4-10,12H,11,13H2,1-3H3,(H,24,25). The molecule has 0 unspecified atom stereocenters. The molecule has 32 heavy (non-hydrogen) atoms. The highest BCUT2D eigenvalue weighted by Crippen LogP contribution is 2.41. The zero-order valence-corrected chi connectivity index (χ0v) is 17.9. The van der Waals surface area contributed by atoms with Crippen molar-refractivity contribution in [2.24, 2.45) is 0 Å². The van der Waals surface area contributed by atoms with E-state index in [4.69, 9.17) is 23.7 Å². The molecule has 4 aromatic rings. The number of rotatable bonds is 7. The van der Waals surface area contributed by atoms with E-state index in [0.717, 1.165) is 28.3 Å². The SMILES string of the molecule is COc1cc(-c2cnc3c(NCc4ccc5c(c4)OCO5)nccn23)cc(OC)c1OC. The van der Waals surface area contributed by atoms with Gasteiger partial charge in [0, 0.05) is 24.5 Å². The summed E-state index contributed by atoms with van der Waals surface area (Å²) in [5.41, 5.74) is 3.50. The van der Waals surface area contributed by atoms with E-state index in [1.54, 1.807) is 33.7 Å². The fourth-order valence-corrected chi connectivity index (χ4v) is 3.72. The lowest BCUT2D eigenvalue weighted by molar-refractivity contribution is 0.174. The number of aromatic nitrogens is 3. The first-order chi connectivity index (χ1) is 15.7. The first kappa shape index (κ1) is 19.8. The molecule has 0 fully saturated rings. The maximum atomic E-state index is 5.49. The molecule has 0 atom stereocenters. The molecule has 0 spiro atoms. The molecule has 3 heterocycles. The summed E-state index contributed by atoms with van der Waals surface area (Å²) in [6.45, 7) is 0.820. The lowest BCUT2D eigenvalue weighted by Gasteiger charge is -2.14. The highest BCUT2D eigenvalue weighted by atomic mass is 16.7. The molecule has 9 nitrogen and oxygen atoms in total.